The third-order valence-electron chi connectivity index (χ3n) is 1.63. The summed E-state index contributed by atoms with van der Waals surface area (Å²) in [5, 5.41) is 1.82. The summed E-state index contributed by atoms with van der Waals surface area (Å²) in [7, 11) is 2.08. The number of nitrogens with zero attached hydrogens (tertiary/aromatic N) is 2. The van der Waals surface area contributed by atoms with Gasteiger partial charge in [0.15, 0.2) is 0 Å². The molecule has 0 spiro atoms. The van der Waals surface area contributed by atoms with Gasteiger partial charge in [0.25, 0.3) is 0 Å². The molecule has 1 heterocycles. The van der Waals surface area contributed by atoms with Crippen molar-refractivity contribution in [1.82, 2.24) is 9.91 Å². The van der Waals surface area contributed by atoms with Crippen LogP contribution in [0.25, 0.3) is 0 Å². The summed E-state index contributed by atoms with van der Waals surface area (Å²) in [6.45, 7) is 4.24. The zero-order chi connectivity index (χ0) is 6.15. The lowest BCUT2D eigenvalue weighted by atomic mass is 10.6. The molecule has 3 nitrogen and oxygen atoms in total. The molecular weight excluding hydrogens is 102 g/mol. The lowest BCUT2D eigenvalue weighted by molar-refractivity contribution is 0.278. The van der Waals surface area contributed by atoms with Crippen molar-refractivity contribution in [3.63, 3.8) is 0 Å². The Morgan fingerprint density at radius 2 is 2.38 bits per heavy atom. The highest BCUT2D eigenvalue weighted by atomic mass is 15.6. The molecular formula is C5H13N3. The predicted octanol–water partition coefficient (Wildman–Crippen LogP) is -0.546. The van der Waals surface area contributed by atoms with E-state index in [-0.39, 0.29) is 0 Å². The molecule has 1 rings (SSSR count). The van der Waals surface area contributed by atoms with E-state index in [1.54, 1.807) is 0 Å². The fourth-order valence-corrected chi connectivity index (χ4v) is 0.745. The highest BCUT2D eigenvalue weighted by Gasteiger charge is 2.33. The van der Waals surface area contributed by atoms with Gasteiger partial charge < -0.3 is 0 Å². The van der Waals surface area contributed by atoms with Gasteiger partial charge in [0.1, 0.15) is 0 Å². The second-order valence-electron chi connectivity index (χ2n) is 2.25. The average molecular weight is 115 g/mol. The normalized spacial score (nSPS) is 36.0. The molecule has 0 aromatic rings. The maximum atomic E-state index is 5.43. The molecule has 0 amide bonds. The van der Waals surface area contributed by atoms with E-state index in [0.717, 1.165) is 13.1 Å². The fourth-order valence-electron chi connectivity index (χ4n) is 0.745. The summed E-state index contributed by atoms with van der Waals surface area (Å²) < 4.78 is 0. The first-order valence-corrected chi connectivity index (χ1v) is 2.97. The van der Waals surface area contributed by atoms with E-state index in [1.807, 2.05) is 5.01 Å². The van der Waals surface area contributed by atoms with Gasteiger partial charge in [-0.3, -0.25) is 10.7 Å². The zero-order valence-electron chi connectivity index (χ0n) is 5.46. The molecule has 1 fully saturated rings. The van der Waals surface area contributed by atoms with E-state index in [0.29, 0.717) is 6.17 Å². The molecule has 0 saturated carbocycles. The topological polar surface area (TPSA) is 32.3 Å². The van der Waals surface area contributed by atoms with Crippen molar-refractivity contribution in [2.45, 2.75) is 13.1 Å². The first-order chi connectivity index (χ1) is 3.75. The maximum Gasteiger partial charge on any atom is 0.0897 e. The Bertz CT molecular complexity index is 81.7. The number of likely N-dealkylation sites (N-methyl/N-ethyl adjacent to an activating group) is 1. The molecule has 2 N–H and O–H groups in total. The number of rotatable bonds is 2. The predicted molar refractivity (Wildman–Crippen MR) is 33.0 cm³/mol. The summed E-state index contributed by atoms with van der Waals surface area (Å²) in [6.07, 6.45) is 0.528. The molecule has 1 aliphatic heterocycles. The molecule has 48 valence electrons. The SMILES string of the molecule is CCN(C)C1CN1N. The molecule has 0 aromatic carbocycles. The minimum atomic E-state index is 0.528. The highest BCUT2D eigenvalue weighted by molar-refractivity contribution is 4.81. The highest BCUT2D eigenvalue weighted by Crippen LogP contribution is 2.12. The van der Waals surface area contributed by atoms with Gasteiger partial charge in [0.05, 0.1) is 6.17 Å². The quantitative estimate of drug-likeness (QED) is 0.387. The molecule has 2 unspecified atom stereocenters. The van der Waals surface area contributed by atoms with Crippen LogP contribution in [0.1, 0.15) is 6.92 Å². The standard InChI is InChI=1S/C5H13N3/c1-3-7(2)5-4-8(5)6/h5H,3-4,6H2,1-2H3. The van der Waals surface area contributed by atoms with E-state index in [4.69, 9.17) is 5.84 Å². The second kappa shape index (κ2) is 2.01. The van der Waals surface area contributed by atoms with Gasteiger partial charge in [-0.2, -0.15) is 0 Å². The Morgan fingerprint density at radius 3 is 2.50 bits per heavy atom. The van der Waals surface area contributed by atoms with Gasteiger partial charge in [0.2, 0.25) is 0 Å². The molecule has 2 atom stereocenters. The maximum absolute atomic E-state index is 5.43. The van der Waals surface area contributed by atoms with Gasteiger partial charge >= 0.3 is 0 Å². The van der Waals surface area contributed by atoms with E-state index in [2.05, 4.69) is 18.9 Å². The van der Waals surface area contributed by atoms with E-state index in [1.165, 1.54) is 0 Å². The van der Waals surface area contributed by atoms with Crippen molar-refractivity contribution < 1.29 is 0 Å². The lowest BCUT2D eigenvalue weighted by Crippen LogP contribution is -2.26. The Kier molecular flexibility index (Phi) is 1.51. The van der Waals surface area contributed by atoms with Crippen LogP contribution in [0.15, 0.2) is 0 Å². The first kappa shape index (κ1) is 6.01. The average Bonchev–Trinajstić information content (AvgIpc) is 2.45. The smallest absolute Gasteiger partial charge is 0.0897 e. The molecule has 0 aromatic heterocycles. The number of hydrogen-bond donors (Lipinski definition) is 1. The van der Waals surface area contributed by atoms with Crippen LogP contribution in [0.4, 0.5) is 0 Å². The lowest BCUT2D eigenvalue weighted by Gasteiger charge is -2.10. The Hall–Kier alpha value is -0.120. The Balaban J connectivity index is 2.18. The van der Waals surface area contributed by atoms with Crippen LogP contribution in [-0.4, -0.2) is 36.2 Å². The van der Waals surface area contributed by atoms with Gasteiger partial charge in [-0.05, 0) is 13.6 Å². The van der Waals surface area contributed by atoms with Crippen LogP contribution < -0.4 is 5.84 Å². The largest absolute Gasteiger partial charge is 0.289 e. The third-order valence-corrected chi connectivity index (χ3v) is 1.63. The van der Waals surface area contributed by atoms with Crippen molar-refractivity contribution in [2.75, 3.05) is 20.1 Å². The van der Waals surface area contributed by atoms with Crippen LogP contribution in [0, 0.1) is 0 Å². The number of hydrazine groups is 1. The van der Waals surface area contributed by atoms with Crippen molar-refractivity contribution in [3.05, 3.63) is 0 Å². The van der Waals surface area contributed by atoms with Crippen LogP contribution in [0.3, 0.4) is 0 Å². The molecule has 0 radical (unpaired) electrons. The number of nitrogens with two attached hydrogens (primary N) is 1. The molecule has 3 heteroatoms. The first-order valence-electron chi connectivity index (χ1n) is 2.97. The Morgan fingerprint density at radius 1 is 1.88 bits per heavy atom. The van der Waals surface area contributed by atoms with Gasteiger partial charge in [0, 0.05) is 6.54 Å². The van der Waals surface area contributed by atoms with Gasteiger partial charge in [-0.1, -0.05) is 6.92 Å². The third kappa shape index (κ3) is 0.992. The van der Waals surface area contributed by atoms with E-state index < -0.39 is 0 Å². The molecule has 8 heavy (non-hydrogen) atoms. The molecule has 1 saturated heterocycles. The summed E-state index contributed by atoms with van der Waals surface area (Å²) in [4.78, 5) is 2.22. The van der Waals surface area contributed by atoms with Crippen molar-refractivity contribution >= 4 is 0 Å². The minimum absolute atomic E-state index is 0.528. The van der Waals surface area contributed by atoms with Gasteiger partial charge in [-0.25, -0.2) is 5.01 Å². The van der Waals surface area contributed by atoms with Crippen molar-refractivity contribution in [2.24, 2.45) is 5.84 Å². The van der Waals surface area contributed by atoms with Crippen LogP contribution in [-0.2, 0) is 0 Å². The fraction of sp³-hybridized carbons (Fsp3) is 1.00. The molecule has 0 aliphatic carbocycles. The minimum Gasteiger partial charge on any atom is -0.289 e. The van der Waals surface area contributed by atoms with Crippen LogP contribution in [0.2, 0.25) is 0 Å². The van der Waals surface area contributed by atoms with Crippen molar-refractivity contribution in [3.8, 4) is 0 Å². The van der Waals surface area contributed by atoms with Gasteiger partial charge in [-0.15, -0.1) is 0 Å². The summed E-state index contributed by atoms with van der Waals surface area (Å²) in [5.41, 5.74) is 0. The van der Waals surface area contributed by atoms with E-state index in [9.17, 15) is 0 Å². The summed E-state index contributed by atoms with van der Waals surface area (Å²) in [6, 6.07) is 0. The van der Waals surface area contributed by atoms with Crippen LogP contribution >= 0.6 is 0 Å². The van der Waals surface area contributed by atoms with Crippen LogP contribution in [0.5, 0.6) is 0 Å². The number of hydrogen-bond acceptors (Lipinski definition) is 3. The zero-order valence-corrected chi connectivity index (χ0v) is 5.46. The molecule has 0 bridgehead atoms. The molecule has 1 aliphatic rings. The van der Waals surface area contributed by atoms with E-state index >= 15 is 0 Å². The monoisotopic (exact) mass is 115 g/mol. The second-order valence-corrected chi connectivity index (χ2v) is 2.25. The summed E-state index contributed by atoms with van der Waals surface area (Å²) >= 11 is 0. The summed E-state index contributed by atoms with van der Waals surface area (Å²) in [5.74, 6) is 5.43. The van der Waals surface area contributed by atoms with Crippen molar-refractivity contribution in [1.29, 1.82) is 0 Å². The Labute approximate surface area is 50.0 Å².